The van der Waals surface area contributed by atoms with Gasteiger partial charge in [0.2, 0.25) is 0 Å². The van der Waals surface area contributed by atoms with Crippen molar-refractivity contribution in [2.24, 2.45) is 0 Å². The number of nitrogens with zero attached hydrogens (tertiary/aromatic N) is 3. The van der Waals surface area contributed by atoms with Crippen molar-refractivity contribution in [1.82, 2.24) is 15.3 Å². The van der Waals surface area contributed by atoms with Crippen molar-refractivity contribution in [3.8, 4) is 0 Å². The second-order valence-electron chi connectivity index (χ2n) is 5.52. The number of nitrogen functional groups attached to an aromatic ring is 2. The summed E-state index contributed by atoms with van der Waals surface area (Å²) < 4.78 is 0.750. The van der Waals surface area contributed by atoms with Crippen LogP contribution in [0.4, 0.5) is 11.6 Å². The Balaban J connectivity index is 0.00000400. The van der Waals surface area contributed by atoms with Crippen LogP contribution >= 0.6 is 11.6 Å². The molecule has 0 aliphatic rings. The molecular weight excluding hydrogens is 407 g/mol. The minimum Gasteiger partial charge on any atom is -1.00 e. The number of nitrogens with one attached hydrogen (secondary N) is 1. The average Bonchev–Trinajstić information content (AvgIpc) is 2.32. The van der Waals surface area contributed by atoms with Gasteiger partial charge >= 0.3 is 0 Å². The molecule has 1 amide bonds. The molecule has 21 heavy (non-hydrogen) atoms. The molecule has 1 aromatic rings. The molecule has 120 valence electrons. The topological polar surface area (TPSA) is 107 Å². The summed E-state index contributed by atoms with van der Waals surface area (Å²) >= 11 is 5.76. The molecule has 0 radical (unpaired) electrons. The van der Waals surface area contributed by atoms with E-state index in [0.717, 1.165) is 10.9 Å². The zero-order chi connectivity index (χ0) is 15.5. The minimum absolute atomic E-state index is 0. The number of rotatable bonds is 5. The summed E-state index contributed by atoms with van der Waals surface area (Å²) in [6.07, 6.45) is 0.938. The fourth-order valence-electron chi connectivity index (χ4n) is 1.87. The highest BCUT2D eigenvalue weighted by Crippen LogP contribution is 2.17. The summed E-state index contributed by atoms with van der Waals surface area (Å²) in [7, 11) is 6.23. The van der Waals surface area contributed by atoms with Crippen molar-refractivity contribution in [2.45, 2.75) is 19.4 Å². The lowest BCUT2D eigenvalue weighted by atomic mass is 10.1. The largest absolute Gasteiger partial charge is 1.00 e. The summed E-state index contributed by atoms with van der Waals surface area (Å²) in [5.74, 6) is -0.412. The molecule has 1 atom stereocenters. The van der Waals surface area contributed by atoms with Gasteiger partial charge in [-0.15, -0.1) is 0 Å². The third-order valence-corrected chi connectivity index (χ3v) is 3.46. The van der Waals surface area contributed by atoms with E-state index in [4.69, 9.17) is 23.1 Å². The Morgan fingerprint density at radius 3 is 2.33 bits per heavy atom. The average molecular weight is 429 g/mol. The first-order valence-electron chi connectivity index (χ1n) is 6.34. The third kappa shape index (κ3) is 5.44. The summed E-state index contributed by atoms with van der Waals surface area (Å²) in [5, 5.41) is 2.78. The van der Waals surface area contributed by atoms with Crippen LogP contribution in [0, 0.1) is 0 Å². The molecule has 9 heteroatoms. The maximum Gasteiger partial charge on any atom is 0.274 e. The van der Waals surface area contributed by atoms with Gasteiger partial charge in [-0.3, -0.25) is 4.79 Å². The SMILES string of the molecule is CC[C@H](CNC(=O)c1nc(Cl)c(N)nc1N)[N+](C)(C)C.[I-]. The number of carbonyl (C=O) groups is 1. The molecule has 0 aliphatic heterocycles. The predicted molar refractivity (Wildman–Crippen MR) is 80.3 cm³/mol. The Hall–Kier alpha value is -0.870. The zero-order valence-electron chi connectivity index (χ0n) is 12.7. The number of carbonyl (C=O) groups excluding carboxylic acids is 1. The van der Waals surface area contributed by atoms with Gasteiger partial charge in [0, 0.05) is 0 Å². The van der Waals surface area contributed by atoms with Crippen molar-refractivity contribution < 1.29 is 33.3 Å². The van der Waals surface area contributed by atoms with Crippen LogP contribution in [0.15, 0.2) is 0 Å². The number of halogens is 2. The van der Waals surface area contributed by atoms with Crippen LogP contribution in [0.1, 0.15) is 23.8 Å². The van der Waals surface area contributed by atoms with E-state index in [0.29, 0.717) is 6.54 Å². The molecule has 7 nitrogen and oxygen atoms in total. The number of amides is 1. The van der Waals surface area contributed by atoms with E-state index in [1.807, 2.05) is 0 Å². The van der Waals surface area contributed by atoms with Crippen molar-refractivity contribution >= 4 is 29.1 Å². The molecule has 0 spiro atoms. The van der Waals surface area contributed by atoms with Crippen LogP contribution in [-0.2, 0) is 0 Å². The molecule has 0 aliphatic carbocycles. The first-order valence-corrected chi connectivity index (χ1v) is 6.72. The van der Waals surface area contributed by atoms with Gasteiger partial charge in [-0.25, -0.2) is 9.97 Å². The van der Waals surface area contributed by atoms with Gasteiger partial charge in [-0.05, 0) is 6.42 Å². The van der Waals surface area contributed by atoms with E-state index in [1.165, 1.54) is 0 Å². The summed E-state index contributed by atoms with van der Waals surface area (Å²) in [6.45, 7) is 2.59. The quantitative estimate of drug-likeness (QED) is 0.355. The Labute approximate surface area is 147 Å². The number of quaternary nitrogens is 1. The van der Waals surface area contributed by atoms with Crippen molar-refractivity contribution in [2.75, 3.05) is 39.2 Å². The highest BCUT2D eigenvalue weighted by Gasteiger charge is 2.23. The van der Waals surface area contributed by atoms with E-state index in [1.54, 1.807) is 0 Å². The van der Waals surface area contributed by atoms with E-state index < -0.39 is 5.91 Å². The van der Waals surface area contributed by atoms with Gasteiger partial charge in [-0.1, -0.05) is 18.5 Å². The number of nitrogens with two attached hydrogens (primary N) is 2. The Bertz CT molecular complexity index is 505. The van der Waals surface area contributed by atoms with Gasteiger partial charge in [0.1, 0.15) is 6.04 Å². The fourth-order valence-corrected chi connectivity index (χ4v) is 2.00. The van der Waals surface area contributed by atoms with Crippen LogP contribution < -0.4 is 40.8 Å². The third-order valence-electron chi connectivity index (χ3n) is 3.18. The molecule has 1 aromatic heterocycles. The van der Waals surface area contributed by atoms with Crippen molar-refractivity contribution in [1.29, 1.82) is 0 Å². The maximum atomic E-state index is 12.1. The van der Waals surface area contributed by atoms with Gasteiger partial charge in [-0.2, -0.15) is 0 Å². The minimum atomic E-state index is -0.399. The van der Waals surface area contributed by atoms with Crippen LogP contribution in [0.2, 0.25) is 5.15 Å². The maximum absolute atomic E-state index is 12.1. The number of aromatic nitrogens is 2. The van der Waals surface area contributed by atoms with Crippen LogP contribution in [0.25, 0.3) is 0 Å². The Morgan fingerprint density at radius 2 is 1.86 bits per heavy atom. The van der Waals surface area contributed by atoms with Gasteiger partial charge in [0.05, 0.1) is 27.7 Å². The first-order chi connectivity index (χ1) is 9.16. The lowest BCUT2D eigenvalue weighted by Crippen LogP contribution is -3.00. The summed E-state index contributed by atoms with van der Waals surface area (Å²) in [5.41, 5.74) is 11.1. The normalized spacial score (nSPS) is 12.4. The second kappa shape index (κ2) is 7.95. The molecule has 0 fully saturated rings. The molecule has 0 saturated heterocycles. The molecule has 0 bridgehead atoms. The van der Waals surface area contributed by atoms with E-state index in [9.17, 15) is 4.79 Å². The number of hydrogen-bond donors (Lipinski definition) is 3. The Morgan fingerprint density at radius 1 is 1.29 bits per heavy atom. The monoisotopic (exact) mass is 428 g/mol. The molecule has 0 unspecified atom stereocenters. The zero-order valence-corrected chi connectivity index (χ0v) is 15.6. The highest BCUT2D eigenvalue weighted by molar-refractivity contribution is 6.31. The van der Waals surface area contributed by atoms with Gasteiger partial charge in [0.15, 0.2) is 22.5 Å². The second-order valence-corrected chi connectivity index (χ2v) is 5.88. The van der Waals surface area contributed by atoms with Crippen molar-refractivity contribution in [3.05, 3.63) is 10.8 Å². The molecule has 1 rings (SSSR count). The molecule has 0 saturated carbocycles. The highest BCUT2D eigenvalue weighted by atomic mass is 127. The van der Waals surface area contributed by atoms with Crippen LogP contribution in [-0.4, -0.2) is 54.1 Å². The predicted octanol–water partition coefficient (Wildman–Crippen LogP) is -2.49. The smallest absolute Gasteiger partial charge is 0.274 e. The lowest BCUT2D eigenvalue weighted by molar-refractivity contribution is -0.894. The summed E-state index contributed by atoms with van der Waals surface area (Å²) in [6, 6.07) is 0.289. The Kier molecular flexibility index (Phi) is 7.62. The lowest BCUT2D eigenvalue weighted by Gasteiger charge is -2.33. The number of likely N-dealkylation sites (N-methyl/N-ethyl adjacent to an activating group) is 1. The fraction of sp³-hybridized carbons (Fsp3) is 0.583. The standard InChI is InChI=1S/C12H21ClN6O.HI/c1-5-7(19(2,3)4)6-16-12(20)8-10(14)18-11(15)9(13)17-8;/h7H,5-6H2,1-4H3,(H4-,14,15,16,18,20);1H/t7-;/m1./s1. The molecule has 1 heterocycles. The molecule has 0 aromatic carbocycles. The van der Waals surface area contributed by atoms with Gasteiger partial charge < -0.3 is 45.2 Å². The van der Waals surface area contributed by atoms with Gasteiger partial charge in [0.25, 0.3) is 5.91 Å². The number of anilines is 2. The molecular formula is C12H22ClIN6O. The van der Waals surface area contributed by atoms with E-state index >= 15 is 0 Å². The van der Waals surface area contributed by atoms with Crippen molar-refractivity contribution in [3.63, 3.8) is 0 Å². The summed E-state index contributed by atoms with van der Waals surface area (Å²) in [4.78, 5) is 19.7. The van der Waals surface area contributed by atoms with Crippen LogP contribution in [0.5, 0.6) is 0 Å². The van der Waals surface area contributed by atoms with E-state index in [-0.39, 0.29) is 52.5 Å². The van der Waals surface area contributed by atoms with Crippen LogP contribution in [0.3, 0.4) is 0 Å². The van der Waals surface area contributed by atoms with E-state index in [2.05, 4.69) is 43.4 Å². The number of hydrogen-bond acceptors (Lipinski definition) is 5. The first kappa shape index (κ1) is 20.1. The molecule has 5 N–H and O–H groups in total.